The van der Waals surface area contributed by atoms with Crippen LogP contribution in [0, 0.1) is 0 Å². The molecule has 0 aromatic heterocycles. The van der Waals surface area contributed by atoms with E-state index in [4.69, 9.17) is 9.47 Å². The highest BCUT2D eigenvalue weighted by atomic mass is 16.5. The Morgan fingerprint density at radius 1 is 1.06 bits per heavy atom. The summed E-state index contributed by atoms with van der Waals surface area (Å²) in [6.45, 7) is 4.70. The molecule has 1 aromatic rings. The van der Waals surface area contributed by atoms with E-state index in [9.17, 15) is 14.4 Å². The quantitative estimate of drug-likeness (QED) is 0.583. The largest absolute Gasteiger partial charge is 0.497 e. The van der Waals surface area contributed by atoms with Crippen molar-refractivity contribution in [3.8, 4) is 5.75 Å². The van der Waals surface area contributed by atoms with Gasteiger partial charge in [0.25, 0.3) is 0 Å². The SMILES string of the molecule is COc1ccc([C@@H](C(=O)NC[C@@H]2CCCO2)N(C(=O)C(=O)NC2CCCCC2)C(C)C)cc1. The number of nitrogens with one attached hydrogen (secondary N) is 2. The van der Waals surface area contributed by atoms with Crippen molar-refractivity contribution in [3.63, 3.8) is 0 Å². The average Bonchev–Trinajstić information content (AvgIpc) is 3.35. The molecule has 182 valence electrons. The molecule has 2 N–H and O–H groups in total. The first-order chi connectivity index (χ1) is 15.9. The number of benzene rings is 1. The van der Waals surface area contributed by atoms with Crippen LogP contribution in [-0.4, -0.2) is 61.1 Å². The number of hydrogen-bond donors (Lipinski definition) is 2. The predicted molar refractivity (Wildman–Crippen MR) is 125 cm³/mol. The molecule has 1 aliphatic heterocycles. The molecule has 8 heteroatoms. The van der Waals surface area contributed by atoms with Crippen molar-refractivity contribution in [2.75, 3.05) is 20.3 Å². The maximum atomic E-state index is 13.4. The van der Waals surface area contributed by atoms with Crippen LogP contribution in [0.15, 0.2) is 24.3 Å². The van der Waals surface area contributed by atoms with E-state index in [2.05, 4.69) is 10.6 Å². The fourth-order valence-electron chi connectivity index (χ4n) is 4.60. The molecule has 1 aromatic carbocycles. The molecule has 0 spiro atoms. The van der Waals surface area contributed by atoms with Crippen LogP contribution in [0.4, 0.5) is 0 Å². The van der Waals surface area contributed by atoms with Gasteiger partial charge in [0, 0.05) is 25.2 Å². The van der Waals surface area contributed by atoms with E-state index in [0.717, 1.165) is 44.9 Å². The summed E-state index contributed by atoms with van der Waals surface area (Å²) in [5.41, 5.74) is 0.619. The monoisotopic (exact) mass is 459 g/mol. The van der Waals surface area contributed by atoms with Gasteiger partial charge in [0.15, 0.2) is 0 Å². The normalized spacial score (nSPS) is 19.7. The van der Waals surface area contributed by atoms with Crippen LogP contribution in [0.3, 0.4) is 0 Å². The molecule has 1 saturated carbocycles. The standard InChI is InChI=1S/C25H37N3O5/c1-17(2)28(25(31)24(30)27-19-8-5-4-6-9-19)22(18-11-13-20(32-3)14-12-18)23(29)26-16-21-10-7-15-33-21/h11-14,17,19,21-22H,4-10,15-16H2,1-3H3,(H,26,29)(H,27,30)/t21-,22-/m0/s1. The zero-order chi connectivity index (χ0) is 23.8. The van der Waals surface area contributed by atoms with Gasteiger partial charge in [-0.15, -0.1) is 0 Å². The molecule has 33 heavy (non-hydrogen) atoms. The Bertz CT molecular complexity index is 799. The van der Waals surface area contributed by atoms with Crippen molar-refractivity contribution in [2.24, 2.45) is 0 Å². The van der Waals surface area contributed by atoms with Gasteiger partial charge in [-0.2, -0.15) is 0 Å². The number of carbonyl (C=O) groups is 3. The van der Waals surface area contributed by atoms with Crippen LogP contribution in [0.1, 0.15) is 70.4 Å². The van der Waals surface area contributed by atoms with Crippen LogP contribution in [0.25, 0.3) is 0 Å². The van der Waals surface area contributed by atoms with Crippen LogP contribution >= 0.6 is 0 Å². The van der Waals surface area contributed by atoms with Gasteiger partial charge in [-0.05, 0) is 57.2 Å². The number of nitrogens with zero attached hydrogens (tertiary/aromatic N) is 1. The Kier molecular flexibility index (Phi) is 9.11. The summed E-state index contributed by atoms with van der Waals surface area (Å²) < 4.78 is 10.9. The zero-order valence-electron chi connectivity index (χ0n) is 20.0. The summed E-state index contributed by atoms with van der Waals surface area (Å²) >= 11 is 0. The highest BCUT2D eigenvalue weighted by molar-refractivity contribution is 6.35. The second-order valence-electron chi connectivity index (χ2n) is 9.17. The maximum Gasteiger partial charge on any atom is 0.313 e. The van der Waals surface area contributed by atoms with Crippen LogP contribution in [-0.2, 0) is 19.1 Å². The lowest BCUT2D eigenvalue weighted by atomic mass is 9.95. The Morgan fingerprint density at radius 2 is 1.76 bits per heavy atom. The van der Waals surface area contributed by atoms with Crippen molar-refractivity contribution < 1.29 is 23.9 Å². The molecule has 8 nitrogen and oxygen atoms in total. The average molecular weight is 460 g/mol. The molecule has 1 heterocycles. The highest BCUT2D eigenvalue weighted by Crippen LogP contribution is 2.27. The Morgan fingerprint density at radius 3 is 2.33 bits per heavy atom. The minimum Gasteiger partial charge on any atom is -0.497 e. The van der Waals surface area contributed by atoms with Crippen LogP contribution in [0.2, 0.25) is 0 Å². The van der Waals surface area contributed by atoms with Gasteiger partial charge in [-0.3, -0.25) is 14.4 Å². The molecule has 2 fully saturated rings. The number of amides is 3. The van der Waals surface area contributed by atoms with Gasteiger partial charge >= 0.3 is 11.8 Å². The lowest BCUT2D eigenvalue weighted by Gasteiger charge is -2.35. The summed E-state index contributed by atoms with van der Waals surface area (Å²) in [6.07, 6.45) is 6.85. The predicted octanol–water partition coefficient (Wildman–Crippen LogP) is 2.72. The summed E-state index contributed by atoms with van der Waals surface area (Å²) in [5, 5.41) is 5.83. The summed E-state index contributed by atoms with van der Waals surface area (Å²) in [5.74, 6) is -1.03. The lowest BCUT2D eigenvalue weighted by Crippen LogP contribution is -2.53. The number of carbonyl (C=O) groups excluding carboxylic acids is 3. The first-order valence-corrected chi connectivity index (χ1v) is 12.1. The molecule has 1 saturated heterocycles. The van der Waals surface area contributed by atoms with Crippen molar-refractivity contribution in [1.82, 2.24) is 15.5 Å². The minimum absolute atomic E-state index is 0.0111. The maximum absolute atomic E-state index is 13.4. The minimum atomic E-state index is -0.943. The van der Waals surface area contributed by atoms with E-state index >= 15 is 0 Å². The van der Waals surface area contributed by atoms with Gasteiger partial charge in [0.2, 0.25) is 5.91 Å². The van der Waals surface area contributed by atoms with Crippen molar-refractivity contribution >= 4 is 17.7 Å². The molecule has 0 bridgehead atoms. The zero-order valence-corrected chi connectivity index (χ0v) is 20.0. The smallest absolute Gasteiger partial charge is 0.313 e. The Labute approximate surface area is 196 Å². The van der Waals surface area contributed by atoms with E-state index in [0.29, 0.717) is 24.5 Å². The molecule has 3 amide bonds. The third-order valence-electron chi connectivity index (χ3n) is 6.41. The van der Waals surface area contributed by atoms with E-state index in [-0.39, 0.29) is 24.1 Å². The second kappa shape index (κ2) is 12.0. The highest BCUT2D eigenvalue weighted by Gasteiger charge is 2.37. The van der Waals surface area contributed by atoms with E-state index in [1.807, 2.05) is 13.8 Å². The van der Waals surface area contributed by atoms with Gasteiger partial charge < -0.3 is 25.0 Å². The summed E-state index contributed by atoms with van der Waals surface area (Å²) in [4.78, 5) is 41.0. The van der Waals surface area contributed by atoms with Gasteiger partial charge in [0.1, 0.15) is 11.8 Å². The molecule has 2 atom stereocenters. The lowest BCUT2D eigenvalue weighted by molar-refractivity contribution is -0.152. The van der Waals surface area contributed by atoms with E-state index in [1.165, 1.54) is 4.90 Å². The molecule has 2 aliphatic rings. The van der Waals surface area contributed by atoms with E-state index < -0.39 is 17.9 Å². The van der Waals surface area contributed by atoms with Crippen LogP contribution in [0.5, 0.6) is 5.75 Å². The molecular weight excluding hydrogens is 422 g/mol. The first kappa shape index (κ1) is 25.0. The Balaban J connectivity index is 1.82. The number of ether oxygens (including phenoxy) is 2. The molecule has 0 unspecified atom stereocenters. The molecule has 3 rings (SSSR count). The van der Waals surface area contributed by atoms with Crippen LogP contribution < -0.4 is 15.4 Å². The third kappa shape index (κ3) is 6.69. The van der Waals surface area contributed by atoms with Crippen molar-refractivity contribution in [2.45, 2.75) is 83.0 Å². The number of hydrogen-bond acceptors (Lipinski definition) is 5. The van der Waals surface area contributed by atoms with Crippen molar-refractivity contribution in [1.29, 1.82) is 0 Å². The number of rotatable bonds is 8. The van der Waals surface area contributed by atoms with E-state index in [1.54, 1.807) is 31.4 Å². The van der Waals surface area contributed by atoms with Gasteiger partial charge in [-0.25, -0.2) is 0 Å². The van der Waals surface area contributed by atoms with Gasteiger partial charge in [0.05, 0.1) is 13.2 Å². The van der Waals surface area contributed by atoms with Crippen molar-refractivity contribution in [3.05, 3.63) is 29.8 Å². The molecular formula is C25H37N3O5. The second-order valence-corrected chi connectivity index (χ2v) is 9.17. The number of methoxy groups -OCH3 is 1. The summed E-state index contributed by atoms with van der Waals surface area (Å²) in [6, 6.07) is 5.73. The fourth-order valence-corrected chi connectivity index (χ4v) is 4.60. The van der Waals surface area contributed by atoms with Gasteiger partial charge in [-0.1, -0.05) is 31.4 Å². The Hall–Kier alpha value is -2.61. The fraction of sp³-hybridized carbons (Fsp3) is 0.640. The topological polar surface area (TPSA) is 97.0 Å². The molecule has 0 radical (unpaired) electrons. The third-order valence-corrected chi connectivity index (χ3v) is 6.41. The molecule has 1 aliphatic carbocycles. The summed E-state index contributed by atoms with van der Waals surface area (Å²) in [7, 11) is 1.57. The first-order valence-electron chi connectivity index (χ1n) is 12.1.